The van der Waals surface area contributed by atoms with Crippen molar-refractivity contribution in [2.24, 2.45) is 0 Å². The molecular formula is C11H15FO. The summed E-state index contributed by atoms with van der Waals surface area (Å²) >= 11 is 0. The molecule has 0 aliphatic heterocycles. The van der Waals surface area contributed by atoms with Gasteiger partial charge in [0.05, 0.1) is 0 Å². The predicted molar refractivity (Wildman–Crippen MR) is 51.1 cm³/mol. The van der Waals surface area contributed by atoms with E-state index in [9.17, 15) is 4.39 Å². The van der Waals surface area contributed by atoms with E-state index in [1.807, 2.05) is 13.0 Å². The van der Waals surface area contributed by atoms with Gasteiger partial charge in [0.15, 0.2) is 0 Å². The van der Waals surface area contributed by atoms with Gasteiger partial charge in [0.25, 0.3) is 0 Å². The van der Waals surface area contributed by atoms with Crippen molar-refractivity contribution in [2.75, 3.05) is 6.61 Å². The summed E-state index contributed by atoms with van der Waals surface area (Å²) < 4.78 is 13.2. The Kier molecular flexibility index (Phi) is 3.90. The summed E-state index contributed by atoms with van der Waals surface area (Å²) in [5.41, 5.74) is 0.746. The molecule has 0 radical (unpaired) electrons. The minimum absolute atomic E-state index is 0.145. The standard InChI is InChI=1S/C11H15FO/c1-9(5-4-8-13)10-6-2-3-7-11(10)12/h2-3,6-7,9,13H,4-5,8H2,1H3. The Morgan fingerprint density at radius 3 is 2.69 bits per heavy atom. The Balaban J connectivity index is 2.65. The number of benzene rings is 1. The van der Waals surface area contributed by atoms with E-state index in [0.717, 1.165) is 18.4 Å². The zero-order valence-electron chi connectivity index (χ0n) is 7.83. The molecule has 0 saturated carbocycles. The molecule has 1 aromatic rings. The first-order valence-corrected chi connectivity index (χ1v) is 4.61. The van der Waals surface area contributed by atoms with Gasteiger partial charge in [-0.15, -0.1) is 0 Å². The fourth-order valence-electron chi connectivity index (χ4n) is 1.43. The van der Waals surface area contributed by atoms with Gasteiger partial charge in [-0.25, -0.2) is 4.39 Å². The van der Waals surface area contributed by atoms with Crippen LogP contribution in [0.15, 0.2) is 24.3 Å². The number of hydrogen-bond acceptors (Lipinski definition) is 1. The maximum absolute atomic E-state index is 13.2. The largest absolute Gasteiger partial charge is 0.396 e. The Morgan fingerprint density at radius 2 is 2.08 bits per heavy atom. The van der Waals surface area contributed by atoms with Gasteiger partial charge in [0.2, 0.25) is 0 Å². The van der Waals surface area contributed by atoms with Crippen LogP contribution in [0.4, 0.5) is 4.39 Å². The highest BCUT2D eigenvalue weighted by Gasteiger charge is 2.08. The summed E-state index contributed by atoms with van der Waals surface area (Å²) in [6, 6.07) is 6.81. The topological polar surface area (TPSA) is 20.2 Å². The van der Waals surface area contributed by atoms with E-state index in [2.05, 4.69) is 0 Å². The number of aliphatic hydroxyl groups excluding tert-OH is 1. The molecule has 1 nitrogen and oxygen atoms in total. The molecular weight excluding hydrogens is 167 g/mol. The van der Waals surface area contributed by atoms with Crippen molar-refractivity contribution in [3.8, 4) is 0 Å². The lowest BCUT2D eigenvalue weighted by Gasteiger charge is -2.11. The van der Waals surface area contributed by atoms with E-state index < -0.39 is 0 Å². The highest BCUT2D eigenvalue weighted by Crippen LogP contribution is 2.22. The highest BCUT2D eigenvalue weighted by molar-refractivity contribution is 5.20. The molecule has 0 fully saturated rings. The molecule has 13 heavy (non-hydrogen) atoms. The molecule has 1 atom stereocenters. The molecule has 1 N–H and O–H groups in total. The molecule has 0 saturated heterocycles. The first kappa shape index (κ1) is 10.2. The Morgan fingerprint density at radius 1 is 1.38 bits per heavy atom. The third-order valence-electron chi connectivity index (χ3n) is 2.23. The third kappa shape index (κ3) is 2.81. The zero-order valence-corrected chi connectivity index (χ0v) is 7.83. The molecule has 0 aliphatic rings. The van der Waals surface area contributed by atoms with Crippen molar-refractivity contribution in [3.63, 3.8) is 0 Å². The second kappa shape index (κ2) is 4.97. The molecule has 72 valence electrons. The quantitative estimate of drug-likeness (QED) is 0.759. The molecule has 0 aromatic heterocycles. The maximum Gasteiger partial charge on any atom is 0.126 e. The highest BCUT2D eigenvalue weighted by atomic mass is 19.1. The molecule has 1 unspecified atom stereocenters. The van der Waals surface area contributed by atoms with Crippen molar-refractivity contribution in [1.82, 2.24) is 0 Å². The maximum atomic E-state index is 13.2. The summed E-state index contributed by atoms with van der Waals surface area (Å²) in [5, 5.41) is 8.64. The lowest BCUT2D eigenvalue weighted by molar-refractivity contribution is 0.280. The van der Waals surface area contributed by atoms with Crippen molar-refractivity contribution in [2.45, 2.75) is 25.7 Å². The van der Waals surface area contributed by atoms with Crippen LogP contribution in [-0.4, -0.2) is 11.7 Å². The molecule has 0 spiro atoms. The average Bonchev–Trinajstić information content (AvgIpc) is 2.15. The van der Waals surface area contributed by atoms with Crippen LogP contribution in [0.5, 0.6) is 0 Å². The summed E-state index contributed by atoms with van der Waals surface area (Å²) in [6.45, 7) is 2.16. The molecule has 1 aromatic carbocycles. The fourth-order valence-corrected chi connectivity index (χ4v) is 1.43. The van der Waals surface area contributed by atoms with E-state index in [1.54, 1.807) is 12.1 Å². The average molecular weight is 182 g/mol. The van der Waals surface area contributed by atoms with Gasteiger partial charge >= 0.3 is 0 Å². The monoisotopic (exact) mass is 182 g/mol. The van der Waals surface area contributed by atoms with Gasteiger partial charge in [-0.2, -0.15) is 0 Å². The van der Waals surface area contributed by atoms with Gasteiger partial charge in [-0.1, -0.05) is 25.1 Å². The van der Waals surface area contributed by atoms with Crippen molar-refractivity contribution >= 4 is 0 Å². The Bertz CT molecular complexity index is 260. The smallest absolute Gasteiger partial charge is 0.126 e. The lowest BCUT2D eigenvalue weighted by Crippen LogP contribution is -1.98. The number of aliphatic hydroxyl groups is 1. The lowest BCUT2D eigenvalue weighted by atomic mass is 9.96. The van der Waals surface area contributed by atoms with Crippen LogP contribution in [0.3, 0.4) is 0 Å². The van der Waals surface area contributed by atoms with Crippen molar-refractivity contribution in [3.05, 3.63) is 35.6 Å². The summed E-state index contributed by atoms with van der Waals surface area (Å²) in [4.78, 5) is 0. The minimum atomic E-state index is -0.145. The van der Waals surface area contributed by atoms with E-state index >= 15 is 0 Å². The van der Waals surface area contributed by atoms with Crippen LogP contribution in [0.2, 0.25) is 0 Å². The number of rotatable bonds is 4. The molecule has 0 aliphatic carbocycles. The molecule has 2 heteroatoms. The van der Waals surface area contributed by atoms with Crippen LogP contribution in [-0.2, 0) is 0 Å². The van der Waals surface area contributed by atoms with Crippen LogP contribution in [0.1, 0.15) is 31.2 Å². The van der Waals surface area contributed by atoms with E-state index in [4.69, 9.17) is 5.11 Å². The zero-order chi connectivity index (χ0) is 9.68. The van der Waals surface area contributed by atoms with E-state index in [1.165, 1.54) is 6.07 Å². The van der Waals surface area contributed by atoms with E-state index in [0.29, 0.717) is 0 Å². The van der Waals surface area contributed by atoms with Gasteiger partial charge in [-0.05, 0) is 30.4 Å². The Hall–Kier alpha value is -0.890. The summed E-state index contributed by atoms with van der Waals surface area (Å²) in [6.07, 6.45) is 1.56. The first-order valence-electron chi connectivity index (χ1n) is 4.61. The van der Waals surface area contributed by atoms with Crippen molar-refractivity contribution in [1.29, 1.82) is 0 Å². The third-order valence-corrected chi connectivity index (χ3v) is 2.23. The van der Waals surface area contributed by atoms with Crippen LogP contribution in [0, 0.1) is 5.82 Å². The molecule has 0 amide bonds. The predicted octanol–water partition coefficient (Wildman–Crippen LogP) is 2.70. The second-order valence-corrected chi connectivity index (χ2v) is 3.29. The van der Waals surface area contributed by atoms with Gasteiger partial charge in [0, 0.05) is 6.61 Å². The van der Waals surface area contributed by atoms with Gasteiger partial charge in [0.1, 0.15) is 5.82 Å². The SMILES string of the molecule is CC(CCCO)c1ccccc1F. The van der Waals surface area contributed by atoms with Crippen LogP contribution in [0.25, 0.3) is 0 Å². The number of hydrogen-bond donors (Lipinski definition) is 1. The Labute approximate surface area is 78.2 Å². The van der Waals surface area contributed by atoms with Crippen LogP contribution < -0.4 is 0 Å². The van der Waals surface area contributed by atoms with Gasteiger partial charge in [-0.3, -0.25) is 0 Å². The van der Waals surface area contributed by atoms with Gasteiger partial charge < -0.3 is 5.11 Å². The van der Waals surface area contributed by atoms with E-state index in [-0.39, 0.29) is 18.3 Å². The number of halogens is 1. The first-order chi connectivity index (χ1) is 6.25. The van der Waals surface area contributed by atoms with Crippen molar-refractivity contribution < 1.29 is 9.50 Å². The summed E-state index contributed by atoms with van der Waals surface area (Å²) in [7, 11) is 0. The van der Waals surface area contributed by atoms with Crippen LogP contribution >= 0.6 is 0 Å². The minimum Gasteiger partial charge on any atom is -0.396 e. The molecule has 0 heterocycles. The molecule has 1 rings (SSSR count). The fraction of sp³-hybridized carbons (Fsp3) is 0.455. The molecule has 0 bridgehead atoms. The second-order valence-electron chi connectivity index (χ2n) is 3.29. The summed E-state index contributed by atoms with van der Waals surface area (Å²) in [5.74, 6) is 0.0429. The normalized spacial score (nSPS) is 12.8.